The van der Waals surface area contributed by atoms with Crippen LogP contribution in [0.25, 0.3) is 0 Å². The average Bonchev–Trinajstić information content (AvgIpc) is 2.40. The van der Waals surface area contributed by atoms with Crippen LogP contribution in [0.5, 0.6) is 0 Å². The van der Waals surface area contributed by atoms with Crippen LogP contribution >= 0.6 is 15.9 Å². The van der Waals surface area contributed by atoms with Gasteiger partial charge in [0.25, 0.3) is 0 Å². The summed E-state index contributed by atoms with van der Waals surface area (Å²) in [6.45, 7) is 2.71. The van der Waals surface area contributed by atoms with Gasteiger partial charge in [0.05, 0.1) is 6.54 Å². The molecule has 1 N–H and O–H groups in total. The first-order valence-electron chi connectivity index (χ1n) is 7.59. The number of rotatable bonds is 3. The third-order valence-corrected chi connectivity index (χ3v) is 4.77. The zero-order chi connectivity index (χ0) is 14.5. The van der Waals surface area contributed by atoms with Crippen LogP contribution in [-0.2, 0) is 0 Å². The molecule has 4 nitrogen and oxygen atoms in total. The van der Waals surface area contributed by atoms with Gasteiger partial charge in [0, 0.05) is 23.6 Å². The summed E-state index contributed by atoms with van der Waals surface area (Å²) in [6.07, 6.45) is 7.80. The van der Waals surface area contributed by atoms with Crippen molar-refractivity contribution in [2.45, 2.75) is 38.1 Å². The molecule has 20 heavy (non-hydrogen) atoms. The van der Waals surface area contributed by atoms with E-state index in [1.54, 1.807) is 0 Å². The van der Waals surface area contributed by atoms with Crippen LogP contribution in [-0.4, -0.2) is 55.6 Å². The quantitative estimate of drug-likeness (QED) is 0.855. The van der Waals surface area contributed by atoms with Gasteiger partial charge in [0.1, 0.15) is 0 Å². The molecular formula is C15H26BrN3O. The maximum atomic E-state index is 12.2. The Morgan fingerprint density at radius 3 is 2.70 bits per heavy atom. The van der Waals surface area contributed by atoms with Gasteiger partial charge in [0.15, 0.2) is 0 Å². The highest BCUT2D eigenvalue weighted by Gasteiger charge is 2.25. The Bertz CT molecular complexity index is 362. The number of carbonyl (C=O) groups excluding carboxylic acids is 1. The SMILES string of the molecule is CN(C)CC1CCC(NC(=O)N2CCC=C(Br)C2)CC1. The van der Waals surface area contributed by atoms with E-state index >= 15 is 0 Å². The standard InChI is InChI=1S/C15H26BrN3O/c1-18(2)10-12-5-7-14(8-6-12)17-15(20)19-9-3-4-13(16)11-19/h4,12,14H,3,5-11H2,1-2H3,(H,17,20). The second-order valence-corrected chi connectivity index (χ2v) is 7.31. The van der Waals surface area contributed by atoms with Crippen molar-refractivity contribution >= 4 is 22.0 Å². The molecule has 0 spiro atoms. The summed E-state index contributed by atoms with van der Waals surface area (Å²) in [5.74, 6) is 0.796. The number of amides is 2. The molecule has 1 aliphatic heterocycles. The largest absolute Gasteiger partial charge is 0.335 e. The van der Waals surface area contributed by atoms with Gasteiger partial charge in [-0.1, -0.05) is 22.0 Å². The zero-order valence-electron chi connectivity index (χ0n) is 12.6. The maximum Gasteiger partial charge on any atom is 0.317 e. The van der Waals surface area contributed by atoms with Crippen molar-refractivity contribution in [3.8, 4) is 0 Å². The Morgan fingerprint density at radius 2 is 2.10 bits per heavy atom. The highest BCUT2D eigenvalue weighted by atomic mass is 79.9. The van der Waals surface area contributed by atoms with E-state index in [-0.39, 0.29) is 6.03 Å². The minimum atomic E-state index is 0.103. The minimum Gasteiger partial charge on any atom is -0.335 e. The van der Waals surface area contributed by atoms with Crippen molar-refractivity contribution in [3.05, 3.63) is 10.6 Å². The van der Waals surface area contributed by atoms with Crippen LogP contribution in [0.2, 0.25) is 0 Å². The zero-order valence-corrected chi connectivity index (χ0v) is 14.2. The van der Waals surface area contributed by atoms with Crippen molar-refractivity contribution in [2.75, 3.05) is 33.7 Å². The average molecular weight is 344 g/mol. The molecule has 2 rings (SSSR count). The molecule has 1 saturated carbocycles. The van der Waals surface area contributed by atoms with E-state index in [2.05, 4.69) is 46.3 Å². The first kappa shape index (κ1) is 15.8. The van der Waals surface area contributed by atoms with E-state index in [9.17, 15) is 4.79 Å². The van der Waals surface area contributed by atoms with Crippen molar-refractivity contribution in [2.24, 2.45) is 5.92 Å². The fourth-order valence-electron chi connectivity index (χ4n) is 3.15. The van der Waals surface area contributed by atoms with E-state index in [0.29, 0.717) is 12.6 Å². The molecule has 1 heterocycles. The summed E-state index contributed by atoms with van der Waals surface area (Å²) in [6, 6.07) is 0.469. The normalized spacial score (nSPS) is 27.4. The molecule has 0 aromatic heterocycles. The lowest BCUT2D eigenvalue weighted by molar-refractivity contribution is 0.186. The predicted octanol–water partition coefficient (Wildman–Crippen LogP) is 2.80. The van der Waals surface area contributed by atoms with Crippen LogP contribution in [0.4, 0.5) is 4.79 Å². The molecular weight excluding hydrogens is 318 g/mol. The van der Waals surface area contributed by atoms with Gasteiger partial charge in [-0.15, -0.1) is 0 Å². The molecule has 1 fully saturated rings. The summed E-state index contributed by atoms with van der Waals surface area (Å²) < 4.78 is 1.12. The number of nitrogens with one attached hydrogen (secondary N) is 1. The van der Waals surface area contributed by atoms with Crippen LogP contribution in [0.3, 0.4) is 0 Å². The molecule has 0 radical (unpaired) electrons. The topological polar surface area (TPSA) is 35.6 Å². The predicted molar refractivity (Wildman–Crippen MR) is 86.0 cm³/mol. The molecule has 2 aliphatic rings. The molecule has 114 valence electrons. The van der Waals surface area contributed by atoms with Gasteiger partial charge in [-0.05, 0) is 52.1 Å². The van der Waals surface area contributed by atoms with Crippen LogP contribution in [0.15, 0.2) is 10.6 Å². The van der Waals surface area contributed by atoms with Crippen molar-refractivity contribution in [3.63, 3.8) is 0 Å². The van der Waals surface area contributed by atoms with Crippen molar-refractivity contribution in [1.82, 2.24) is 15.1 Å². The van der Waals surface area contributed by atoms with Crippen LogP contribution < -0.4 is 5.32 Å². The number of nitrogens with zero attached hydrogens (tertiary/aromatic N) is 2. The second kappa shape index (κ2) is 7.46. The fraction of sp³-hybridized carbons (Fsp3) is 0.800. The maximum absolute atomic E-state index is 12.2. The molecule has 0 aromatic rings. The third-order valence-electron chi connectivity index (χ3n) is 4.19. The highest BCUT2D eigenvalue weighted by molar-refractivity contribution is 9.11. The van der Waals surface area contributed by atoms with Gasteiger partial charge < -0.3 is 15.1 Å². The van der Waals surface area contributed by atoms with Gasteiger partial charge in [0.2, 0.25) is 0 Å². The van der Waals surface area contributed by atoms with E-state index < -0.39 is 0 Å². The smallest absolute Gasteiger partial charge is 0.317 e. The molecule has 1 aliphatic carbocycles. The number of hydrogen-bond acceptors (Lipinski definition) is 2. The van der Waals surface area contributed by atoms with E-state index in [4.69, 9.17) is 0 Å². The summed E-state index contributed by atoms with van der Waals surface area (Å²) in [5.41, 5.74) is 0. The van der Waals surface area contributed by atoms with Gasteiger partial charge >= 0.3 is 6.03 Å². The molecule has 0 bridgehead atoms. The molecule has 0 unspecified atom stereocenters. The summed E-state index contributed by atoms with van der Waals surface area (Å²) in [4.78, 5) is 16.4. The Labute approximate surface area is 130 Å². The molecule has 0 saturated heterocycles. The lowest BCUT2D eigenvalue weighted by Crippen LogP contribution is -2.47. The number of carbonyl (C=O) groups is 1. The summed E-state index contributed by atoms with van der Waals surface area (Å²) >= 11 is 3.49. The Morgan fingerprint density at radius 1 is 1.40 bits per heavy atom. The third kappa shape index (κ3) is 4.77. The fourth-order valence-corrected chi connectivity index (χ4v) is 3.68. The highest BCUT2D eigenvalue weighted by Crippen LogP contribution is 2.25. The first-order valence-corrected chi connectivity index (χ1v) is 8.38. The van der Waals surface area contributed by atoms with E-state index in [1.165, 1.54) is 19.4 Å². The van der Waals surface area contributed by atoms with E-state index in [0.717, 1.165) is 36.2 Å². The van der Waals surface area contributed by atoms with Gasteiger partial charge in [-0.2, -0.15) is 0 Å². The molecule has 5 heteroatoms. The molecule has 0 aromatic carbocycles. The van der Waals surface area contributed by atoms with Crippen molar-refractivity contribution < 1.29 is 4.79 Å². The minimum absolute atomic E-state index is 0.103. The van der Waals surface area contributed by atoms with E-state index in [1.807, 2.05) is 4.90 Å². The molecule has 0 atom stereocenters. The molecule has 2 amide bonds. The summed E-state index contributed by atoms with van der Waals surface area (Å²) in [7, 11) is 4.27. The number of hydrogen-bond donors (Lipinski definition) is 1. The lowest BCUT2D eigenvalue weighted by atomic mass is 9.86. The van der Waals surface area contributed by atoms with Crippen molar-refractivity contribution in [1.29, 1.82) is 0 Å². The lowest BCUT2D eigenvalue weighted by Gasteiger charge is -2.33. The monoisotopic (exact) mass is 343 g/mol. The number of urea groups is 1. The second-order valence-electron chi connectivity index (χ2n) is 6.29. The Balaban J connectivity index is 1.72. The summed E-state index contributed by atoms with van der Waals surface area (Å²) in [5, 5.41) is 3.21. The van der Waals surface area contributed by atoms with Crippen LogP contribution in [0, 0.1) is 5.92 Å². The van der Waals surface area contributed by atoms with Crippen LogP contribution in [0.1, 0.15) is 32.1 Å². The number of halogens is 1. The Kier molecular flexibility index (Phi) is 5.90. The first-order chi connectivity index (χ1) is 9.54. The van der Waals surface area contributed by atoms with Gasteiger partial charge in [-0.25, -0.2) is 4.79 Å². The Hall–Kier alpha value is -0.550. The van der Waals surface area contributed by atoms with Gasteiger partial charge in [-0.3, -0.25) is 0 Å².